The van der Waals surface area contributed by atoms with Crippen LogP contribution in [0.15, 0.2) is 18.2 Å². The van der Waals surface area contributed by atoms with Crippen molar-refractivity contribution in [2.45, 2.75) is 44.5 Å². The number of thiocarbonyl (C=S) groups is 1. The Balaban J connectivity index is 1.82. The summed E-state index contributed by atoms with van der Waals surface area (Å²) in [5.41, 5.74) is 0.771. The number of nitrogens with one attached hydrogen (secondary N) is 1. The summed E-state index contributed by atoms with van der Waals surface area (Å²) in [6.45, 7) is 4.40. The number of benzene rings is 1. The van der Waals surface area contributed by atoms with Gasteiger partial charge in [0, 0.05) is 17.5 Å². The van der Waals surface area contributed by atoms with Crippen LogP contribution in [0.1, 0.15) is 38.3 Å². The minimum absolute atomic E-state index is 0.177. The molecule has 1 saturated heterocycles. The molecule has 2 fully saturated rings. The summed E-state index contributed by atoms with van der Waals surface area (Å²) >= 11 is 5.62. The van der Waals surface area contributed by atoms with Crippen molar-refractivity contribution in [1.29, 1.82) is 0 Å². The molecule has 2 bridgehead atoms. The van der Waals surface area contributed by atoms with Gasteiger partial charge in [-0.05, 0) is 50.2 Å². The molecule has 112 valence electrons. The van der Waals surface area contributed by atoms with Gasteiger partial charge in [0.15, 0.2) is 10.8 Å². The van der Waals surface area contributed by atoms with Gasteiger partial charge in [-0.25, -0.2) is 0 Å². The van der Waals surface area contributed by atoms with Crippen LogP contribution in [0.3, 0.4) is 0 Å². The molecule has 3 aliphatic rings. The van der Waals surface area contributed by atoms with Gasteiger partial charge in [0.1, 0.15) is 11.5 Å². The molecule has 0 amide bonds. The number of rotatable bonds is 2. The van der Waals surface area contributed by atoms with Crippen LogP contribution in [0.25, 0.3) is 0 Å². The second kappa shape index (κ2) is 4.26. The monoisotopic (exact) mass is 304 g/mol. The molecule has 1 aliphatic carbocycles. The number of fused-ring (bicyclic) bond motifs is 4. The van der Waals surface area contributed by atoms with E-state index < -0.39 is 0 Å². The topological polar surface area (TPSA) is 33.7 Å². The van der Waals surface area contributed by atoms with Crippen LogP contribution in [0.4, 0.5) is 0 Å². The highest BCUT2D eigenvalue weighted by molar-refractivity contribution is 7.80. The molecule has 5 heteroatoms. The molecular formula is C16H20N2O2S. The lowest BCUT2D eigenvalue weighted by Gasteiger charge is -2.56. The number of methoxy groups -OCH3 is 1. The van der Waals surface area contributed by atoms with Gasteiger partial charge in [-0.3, -0.25) is 0 Å². The van der Waals surface area contributed by atoms with E-state index in [1.54, 1.807) is 7.11 Å². The van der Waals surface area contributed by atoms with Crippen molar-refractivity contribution in [3.8, 4) is 11.5 Å². The van der Waals surface area contributed by atoms with Crippen LogP contribution in [0, 0.1) is 5.92 Å². The first-order valence-corrected chi connectivity index (χ1v) is 7.92. The molecule has 1 aromatic rings. The lowest BCUT2D eigenvalue weighted by Crippen LogP contribution is -2.69. The third-order valence-corrected chi connectivity index (χ3v) is 5.42. The molecule has 2 heterocycles. The highest BCUT2D eigenvalue weighted by Crippen LogP contribution is 2.51. The maximum absolute atomic E-state index is 6.43. The van der Waals surface area contributed by atoms with Crippen molar-refractivity contribution in [2.75, 3.05) is 7.11 Å². The minimum atomic E-state index is -0.365. The average Bonchev–Trinajstić information content (AvgIpc) is 3.27. The molecular weight excluding hydrogens is 284 g/mol. The predicted molar refractivity (Wildman–Crippen MR) is 84.5 cm³/mol. The summed E-state index contributed by atoms with van der Waals surface area (Å²) in [4.78, 5) is 2.27. The fourth-order valence-electron chi connectivity index (χ4n) is 3.62. The van der Waals surface area contributed by atoms with Crippen molar-refractivity contribution in [3.05, 3.63) is 23.8 Å². The standard InChI is InChI=1S/C16H20N2O2S/c1-9-14-12-8-11(19-3)6-7-13(12)20-16(9,2)18(10-4-5-10)15(21)17-14/h6-10,14H,4-5H2,1-3H3,(H,17,21). The van der Waals surface area contributed by atoms with Gasteiger partial charge in [-0.2, -0.15) is 0 Å². The number of hydrogen-bond donors (Lipinski definition) is 1. The maximum atomic E-state index is 6.43. The highest BCUT2D eigenvalue weighted by atomic mass is 32.1. The van der Waals surface area contributed by atoms with Crippen LogP contribution in [-0.4, -0.2) is 28.9 Å². The van der Waals surface area contributed by atoms with Crippen LogP contribution in [0.2, 0.25) is 0 Å². The second-order valence-electron chi connectivity index (χ2n) is 6.38. The molecule has 2 aliphatic heterocycles. The first kappa shape index (κ1) is 13.2. The molecule has 1 N–H and O–H groups in total. The molecule has 4 nitrogen and oxygen atoms in total. The Morgan fingerprint density at radius 3 is 2.86 bits per heavy atom. The van der Waals surface area contributed by atoms with Gasteiger partial charge < -0.3 is 19.7 Å². The zero-order valence-electron chi connectivity index (χ0n) is 12.6. The third-order valence-electron chi connectivity index (χ3n) is 5.10. The van der Waals surface area contributed by atoms with Gasteiger partial charge in [0.2, 0.25) is 0 Å². The molecule has 1 saturated carbocycles. The zero-order chi connectivity index (χ0) is 14.8. The number of nitrogens with zero attached hydrogens (tertiary/aromatic N) is 1. The van der Waals surface area contributed by atoms with E-state index in [2.05, 4.69) is 30.1 Å². The molecule has 0 radical (unpaired) electrons. The van der Waals surface area contributed by atoms with Crippen molar-refractivity contribution in [2.24, 2.45) is 5.92 Å². The quantitative estimate of drug-likeness (QED) is 0.850. The Morgan fingerprint density at radius 2 is 2.19 bits per heavy atom. The van der Waals surface area contributed by atoms with Crippen molar-refractivity contribution < 1.29 is 9.47 Å². The second-order valence-corrected chi connectivity index (χ2v) is 6.76. The van der Waals surface area contributed by atoms with Gasteiger partial charge >= 0.3 is 0 Å². The zero-order valence-corrected chi connectivity index (χ0v) is 13.4. The first-order valence-electron chi connectivity index (χ1n) is 7.51. The summed E-state index contributed by atoms with van der Waals surface area (Å²) in [5, 5.41) is 4.34. The Hall–Kier alpha value is -1.49. The average molecular weight is 304 g/mol. The molecule has 1 aromatic carbocycles. The minimum Gasteiger partial charge on any atom is -0.497 e. The van der Waals surface area contributed by atoms with E-state index in [1.807, 2.05) is 12.1 Å². The normalized spacial score (nSPS) is 33.9. The molecule has 0 spiro atoms. The first-order chi connectivity index (χ1) is 10.0. The summed E-state index contributed by atoms with van der Waals surface area (Å²) < 4.78 is 11.8. The van der Waals surface area contributed by atoms with E-state index in [0.717, 1.165) is 22.2 Å². The smallest absolute Gasteiger partial charge is 0.187 e. The maximum Gasteiger partial charge on any atom is 0.187 e. The van der Waals surface area contributed by atoms with Gasteiger partial charge in [-0.15, -0.1) is 0 Å². The summed E-state index contributed by atoms with van der Waals surface area (Å²) in [6.07, 6.45) is 2.40. The molecule has 0 aromatic heterocycles. The fourth-order valence-corrected chi connectivity index (χ4v) is 4.08. The Kier molecular flexibility index (Phi) is 2.67. The highest BCUT2D eigenvalue weighted by Gasteiger charge is 2.56. The van der Waals surface area contributed by atoms with Gasteiger partial charge in [0.05, 0.1) is 13.2 Å². The molecule has 4 rings (SSSR count). The van der Waals surface area contributed by atoms with Crippen LogP contribution >= 0.6 is 12.2 Å². The molecule has 3 unspecified atom stereocenters. The van der Waals surface area contributed by atoms with Crippen molar-refractivity contribution >= 4 is 17.3 Å². The van der Waals surface area contributed by atoms with Crippen LogP contribution in [-0.2, 0) is 0 Å². The Morgan fingerprint density at radius 1 is 1.43 bits per heavy atom. The fraction of sp³-hybridized carbons (Fsp3) is 0.562. The Bertz CT molecular complexity index is 616. The van der Waals surface area contributed by atoms with Crippen molar-refractivity contribution in [3.63, 3.8) is 0 Å². The van der Waals surface area contributed by atoms with Crippen LogP contribution in [0.5, 0.6) is 11.5 Å². The SMILES string of the molecule is COc1ccc2c(c1)C1NC(=S)N(C3CC3)C(C)(O2)C1C. The van der Waals surface area contributed by atoms with Crippen molar-refractivity contribution in [1.82, 2.24) is 10.2 Å². The summed E-state index contributed by atoms with van der Waals surface area (Å²) in [6, 6.07) is 6.72. The van der Waals surface area contributed by atoms with E-state index in [-0.39, 0.29) is 11.8 Å². The van der Waals surface area contributed by atoms with E-state index in [0.29, 0.717) is 12.0 Å². The van der Waals surface area contributed by atoms with E-state index in [1.165, 1.54) is 12.8 Å². The van der Waals surface area contributed by atoms with Gasteiger partial charge in [-0.1, -0.05) is 6.92 Å². The third kappa shape index (κ3) is 1.76. The predicted octanol–water partition coefficient (Wildman–Crippen LogP) is 2.83. The van der Waals surface area contributed by atoms with Crippen LogP contribution < -0.4 is 14.8 Å². The van der Waals surface area contributed by atoms with E-state index >= 15 is 0 Å². The molecule has 3 atom stereocenters. The summed E-state index contributed by atoms with van der Waals surface area (Å²) in [7, 11) is 1.69. The number of ether oxygens (including phenoxy) is 2. The lowest BCUT2D eigenvalue weighted by molar-refractivity contribution is -0.114. The summed E-state index contributed by atoms with van der Waals surface area (Å²) in [5.74, 6) is 2.09. The Labute approximate surface area is 130 Å². The van der Waals surface area contributed by atoms with Gasteiger partial charge in [0.25, 0.3) is 0 Å². The molecule has 21 heavy (non-hydrogen) atoms. The lowest BCUT2D eigenvalue weighted by atomic mass is 9.81. The van der Waals surface area contributed by atoms with E-state index in [9.17, 15) is 0 Å². The number of hydrogen-bond acceptors (Lipinski definition) is 3. The van der Waals surface area contributed by atoms with E-state index in [4.69, 9.17) is 21.7 Å². The largest absolute Gasteiger partial charge is 0.497 e.